The summed E-state index contributed by atoms with van der Waals surface area (Å²) >= 11 is 0. The lowest BCUT2D eigenvalue weighted by molar-refractivity contribution is 0.0329. The molecule has 3 heterocycles. The predicted octanol–water partition coefficient (Wildman–Crippen LogP) is 0.0899. The van der Waals surface area contributed by atoms with E-state index in [0.29, 0.717) is 11.8 Å². The third-order valence-corrected chi connectivity index (χ3v) is 3.38. The number of tetrazole rings is 1. The number of ether oxygens (including phenoxy) is 1. The van der Waals surface area contributed by atoms with Gasteiger partial charge in [0.25, 0.3) is 0 Å². The SMILES string of the molecule is c1ncc2nnnn2c1NCCCOC1CCNCC1. The zero-order chi connectivity index (χ0) is 13.6. The largest absolute Gasteiger partial charge is 0.378 e. The van der Waals surface area contributed by atoms with E-state index in [2.05, 4.69) is 31.1 Å². The Morgan fingerprint density at radius 2 is 2.25 bits per heavy atom. The lowest BCUT2D eigenvalue weighted by Gasteiger charge is -2.22. The number of aromatic nitrogens is 5. The van der Waals surface area contributed by atoms with E-state index in [9.17, 15) is 0 Å². The normalized spacial score (nSPS) is 16.6. The molecule has 0 aromatic carbocycles. The molecule has 0 spiro atoms. The molecule has 8 nitrogen and oxygen atoms in total. The molecule has 20 heavy (non-hydrogen) atoms. The van der Waals surface area contributed by atoms with Crippen LogP contribution in [0.25, 0.3) is 5.65 Å². The first-order valence-electron chi connectivity index (χ1n) is 7.02. The average molecular weight is 277 g/mol. The summed E-state index contributed by atoms with van der Waals surface area (Å²) < 4.78 is 7.49. The molecule has 1 fully saturated rings. The minimum Gasteiger partial charge on any atom is -0.378 e. The van der Waals surface area contributed by atoms with Crippen LogP contribution in [0.15, 0.2) is 12.4 Å². The highest BCUT2D eigenvalue weighted by Crippen LogP contribution is 2.08. The Balaban J connectivity index is 1.40. The maximum atomic E-state index is 5.85. The molecule has 0 bridgehead atoms. The van der Waals surface area contributed by atoms with E-state index in [1.54, 1.807) is 16.9 Å². The number of hydrogen-bond donors (Lipinski definition) is 2. The molecule has 108 valence electrons. The Hall–Kier alpha value is -1.80. The number of fused-ring (bicyclic) bond motifs is 1. The number of piperidine rings is 1. The molecule has 0 radical (unpaired) electrons. The highest BCUT2D eigenvalue weighted by atomic mass is 16.5. The molecule has 2 aromatic heterocycles. The van der Waals surface area contributed by atoms with Crippen molar-refractivity contribution in [1.82, 2.24) is 30.3 Å². The Bertz CT molecular complexity index is 537. The minimum absolute atomic E-state index is 0.417. The fourth-order valence-electron chi connectivity index (χ4n) is 2.30. The van der Waals surface area contributed by atoms with E-state index in [0.717, 1.165) is 51.3 Å². The molecule has 0 atom stereocenters. The van der Waals surface area contributed by atoms with Gasteiger partial charge in [0.2, 0.25) is 0 Å². The Morgan fingerprint density at radius 3 is 3.15 bits per heavy atom. The van der Waals surface area contributed by atoms with Crippen molar-refractivity contribution in [2.45, 2.75) is 25.4 Å². The Morgan fingerprint density at radius 1 is 1.35 bits per heavy atom. The minimum atomic E-state index is 0.417. The summed E-state index contributed by atoms with van der Waals surface area (Å²) in [6.45, 7) is 3.72. The highest BCUT2D eigenvalue weighted by Gasteiger charge is 2.12. The third kappa shape index (κ3) is 3.20. The van der Waals surface area contributed by atoms with Crippen LogP contribution in [0.1, 0.15) is 19.3 Å². The van der Waals surface area contributed by atoms with E-state index in [-0.39, 0.29) is 0 Å². The zero-order valence-corrected chi connectivity index (χ0v) is 11.3. The molecular weight excluding hydrogens is 258 g/mol. The van der Waals surface area contributed by atoms with Gasteiger partial charge in [0.1, 0.15) is 5.82 Å². The molecule has 3 rings (SSSR count). The second kappa shape index (κ2) is 6.58. The van der Waals surface area contributed by atoms with Crippen molar-refractivity contribution in [2.75, 3.05) is 31.6 Å². The van der Waals surface area contributed by atoms with Gasteiger partial charge in [-0.05, 0) is 42.8 Å². The van der Waals surface area contributed by atoms with Crippen LogP contribution < -0.4 is 10.6 Å². The molecule has 0 unspecified atom stereocenters. The fourth-order valence-corrected chi connectivity index (χ4v) is 2.30. The Kier molecular flexibility index (Phi) is 4.34. The number of nitrogens with zero attached hydrogens (tertiary/aromatic N) is 5. The van der Waals surface area contributed by atoms with E-state index in [1.165, 1.54) is 0 Å². The standard InChI is InChI=1S/C12H19N7O/c1(7-20-10-2-5-13-6-3-10)4-15-11-8-14-9-12-16-17-18-19(11)12/h8-10,13,15H,1-7H2. The molecule has 1 aliphatic rings. The summed E-state index contributed by atoms with van der Waals surface area (Å²) in [4.78, 5) is 4.09. The summed E-state index contributed by atoms with van der Waals surface area (Å²) in [6.07, 6.45) is 6.94. The molecule has 2 aromatic rings. The number of hydrogen-bond acceptors (Lipinski definition) is 7. The monoisotopic (exact) mass is 277 g/mol. The van der Waals surface area contributed by atoms with Crippen molar-refractivity contribution in [3.63, 3.8) is 0 Å². The van der Waals surface area contributed by atoms with E-state index < -0.39 is 0 Å². The number of anilines is 1. The molecule has 0 amide bonds. The highest BCUT2D eigenvalue weighted by molar-refractivity contribution is 5.43. The first kappa shape index (κ1) is 13.2. The van der Waals surface area contributed by atoms with Crippen molar-refractivity contribution in [2.24, 2.45) is 0 Å². The lowest BCUT2D eigenvalue weighted by atomic mass is 10.1. The summed E-state index contributed by atoms with van der Waals surface area (Å²) in [5.74, 6) is 0.800. The average Bonchev–Trinajstić information content (AvgIpc) is 2.97. The molecule has 1 saturated heterocycles. The van der Waals surface area contributed by atoms with Crippen molar-refractivity contribution in [3.05, 3.63) is 12.4 Å². The molecule has 8 heteroatoms. The van der Waals surface area contributed by atoms with Crippen LogP contribution in [-0.2, 0) is 4.74 Å². The van der Waals surface area contributed by atoms with Crippen LogP contribution in [0.3, 0.4) is 0 Å². The van der Waals surface area contributed by atoms with Crippen molar-refractivity contribution < 1.29 is 4.74 Å². The van der Waals surface area contributed by atoms with Crippen LogP contribution in [0.2, 0.25) is 0 Å². The van der Waals surface area contributed by atoms with Crippen LogP contribution in [0.5, 0.6) is 0 Å². The van der Waals surface area contributed by atoms with Gasteiger partial charge in [-0.2, -0.15) is 4.52 Å². The predicted molar refractivity (Wildman–Crippen MR) is 73.5 cm³/mol. The summed E-state index contributed by atoms with van der Waals surface area (Å²) in [5, 5.41) is 18.0. The number of nitrogens with one attached hydrogen (secondary N) is 2. The second-order valence-corrected chi connectivity index (χ2v) is 4.84. The second-order valence-electron chi connectivity index (χ2n) is 4.84. The van der Waals surface area contributed by atoms with Crippen molar-refractivity contribution in [1.29, 1.82) is 0 Å². The van der Waals surface area contributed by atoms with Crippen LogP contribution in [-0.4, -0.2) is 57.4 Å². The number of rotatable bonds is 6. The summed E-state index contributed by atoms with van der Waals surface area (Å²) in [6, 6.07) is 0. The van der Waals surface area contributed by atoms with Gasteiger partial charge in [-0.15, -0.1) is 5.10 Å². The van der Waals surface area contributed by atoms with Crippen molar-refractivity contribution >= 4 is 11.5 Å². The van der Waals surface area contributed by atoms with Gasteiger partial charge in [-0.1, -0.05) is 0 Å². The first-order chi connectivity index (χ1) is 9.93. The molecule has 2 N–H and O–H groups in total. The van der Waals surface area contributed by atoms with Crippen LogP contribution in [0, 0.1) is 0 Å². The van der Waals surface area contributed by atoms with Gasteiger partial charge in [0.05, 0.1) is 18.5 Å². The van der Waals surface area contributed by atoms with E-state index >= 15 is 0 Å². The topological polar surface area (TPSA) is 89.3 Å². The molecular formula is C12H19N7O. The fraction of sp³-hybridized carbons (Fsp3) is 0.667. The Labute approximate surface area is 116 Å². The smallest absolute Gasteiger partial charge is 0.199 e. The molecule has 0 aliphatic carbocycles. The van der Waals surface area contributed by atoms with Crippen molar-refractivity contribution in [3.8, 4) is 0 Å². The zero-order valence-electron chi connectivity index (χ0n) is 11.3. The summed E-state index contributed by atoms with van der Waals surface area (Å²) in [7, 11) is 0. The van der Waals surface area contributed by atoms with Gasteiger partial charge >= 0.3 is 0 Å². The third-order valence-electron chi connectivity index (χ3n) is 3.38. The van der Waals surface area contributed by atoms with Crippen LogP contribution in [0.4, 0.5) is 5.82 Å². The van der Waals surface area contributed by atoms with Gasteiger partial charge in [0.15, 0.2) is 5.65 Å². The van der Waals surface area contributed by atoms with Crippen LogP contribution >= 0.6 is 0 Å². The molecule has 1 aliphatic heterocycles. The van der Waals surface area contributed by atoms with E-state index in [1.807, 2.05) is 0 Å². The first-order valence-corrected chi connectivity index (χ1v) is 7.02. The van der Waals surface area contributed by atoms with Gasteiger partial charge in [-0.3, -0.25) is 4.98 Å². The lowest BCUT2D eigenvalue weighted by Crippen LogP contribution is -2.32. The quantitative estimate of drug-likeness (QED) is 0.723. The maximum Gasteiger partial charge on any atom is 0.199 e. The maximum absolute atomic E-state index is 5.85. The van der Waals surface area contributed by atoms with Gasteiger partial charge in [0, 0.05) is 13.2 Å². The molecule has 0 saturated carbocycles. The van der Waals surface area contributed by atoms with Gasteiger partial charge in [-0.25, -0.2) is 0 Å². The van der Waals surface area contributed by atoms with Gasteiger partial charge < -0.3 is 15.4 Å². The summed E-state index contributed by atoms with van der Waals surface area (Å²) in [5.41, 5.74) is 0.640. The van der Waals surface area contributed by atoms with E-state index in [4.69, 9.17) is 4.74 Å².